The summed E-state index contributed by atoms with van der Waals surface area (Å²) in [5.41, 5.74) is 7.04. The van der Waals surface area contributed by atoms with Crippen LogP contribution < -0.4 is 19.2 Å². The van der Waals surface area contributed by atoms with Crippen molar-refractivity contribution in [2.24, 2.45) is 0 Å². The average Bonchev–Trinajstić information content (AvgIpc) is 3.44. The Labute approximate surface area is 414 Å². The van der Waals surface area contributed by atoms with Crippen molar-refractivity contribution in [2.45, 2.75) is 165 Å². The summed E-state index contributed by atoms with van der Waals surface area (Å²) >= 11 is 0. The van der Waals surface area contributed by atoms with E-state index in [0.717, 1.165) is 96.4 Å². The smallest absolute Gasteiger partial charge is 0.373 e. The molecule has 2 N–H and O–H groups in total. The van der Waals surface area contributed by atoms with Gasteiger partial charge in [0.05, 0.1) is 39.9 Å². The van der Waals surface area contributed by atoms with Gasteiger partial charge < -0.3 is 15.4 Å². The van der Waals surface area contributed by atoms with Gasteiger partial charge in [-0.05, 0) is 111 Å². The van der Waals surface area contributed by atoms with Crippen LogP contribution in [0.15, 0.2) is 94.7 Å². The van der Waals surface area contributed by atoms with Gasteiger partial charge >= 0.3 is 12.1 Å². The maximum Gasteiger partial charge on any atom is 0.373 e. The molecule has 6 rings (SSSR count). The summed E-state index contributed by atoms with van der Waals surface area (Å²) in [5.74, 6) is -0.0849. The van der Waals surface area contributed by atoms with Crippen LogP contribution in [0, 0.1) is 13.8 Å². The largest absolute Gasteiger partial charge is 0.466 e. The molecule has 0 aromatic heterocycles. The number of carbonyl (C=O) groups is 1. The Bertz CT molecular complexity index is 2470. The summed E-state index contributed by atoms with van der Waals surface area (Å²) in [4.78, 5) is 28.4. The molecule has 0 saturated carbocycles. The molecule has 0 spiro atoms. The van der Waals surface area contributed by atoms with E-state index < -0.39 is 20.0 Å². The summed E-state index contributed by atoms with van der Waals surface area (Å²) < 4.78 is 61.2. The first-order valence-electron chi connectivity index (χ1n) is 25.2. The molecule has 2 aliphatic rings. The first kappa shape index (κ1) is 56.7. The molecular weight excluding hydrogens is 909 g/mol. The van der Waals surface area contributed by atoms with Crippen LogP contribution in [0.4, 0.5) is 11.4 Å². The average molecular weight is 987 g/mol. The number of anilines is 2. The van der Waals surface area contributed by atoms with Gasteiger partial charge in [-0.2, -0.15) is 9.59 Å². The molecule has 378 valence electrons. The third-order valence-electron chi connectivity index (χ3n) is 13.0. The van der Waals surface area contributed by atoms with Gasteiger partial charge in [-0.1, -0.05) is 157 Å². The van der Waals surface area contributed by atoms with E-state index in [2.05, 4.69) is 17.6 Å². The minimum absolute atomic E-state index is 0.0849. The zero-order valence-corrected chi connectivity index (χ0v) is 43.7. The van der Waals surface area contributed by atoms with Crippen LogP contribution in [-0.4, -0.2) is 62.7 Å². The minimum atomic E-state index is -3.62. The monoisotopic (exact) mass is 987 g/mol. The molecule has 14 heteroatoms. The summed E-state index contributed by atoms with van der Waals surface area (Å²) in [6, 6.07) is 26.8. The van der Waals surface area contributed by atoms with Crippen molar-refractivity contribution in [2.75, 3.05) is 42.4 Å². The number of benzene rings is 4. The maximum absolute atomic E-state index is 13.4. The van der Waals surface area contributed by atoms with Crippen molar-refractivity contribution < 1.29 is 36.0 Å². The van der Waals surface area contributed by atoms with E-state index in [9.17, 15) is 21.6 Å². The Kier molecular flexibility index (Phi) is 24.1. The fourth-order valence-corrected chi connectivity index (χ4v) is 12.3. The lowest BCUT2D eigenvalue weighted by molar-refractivity contribution is -0.191. The second-order valence-corrected chi connectivity index (χ2v) is 22.1. The molecular formula is C55H78N4O8S2. The number of ether oxygens (including phenoxy) is 1. The van der Waals surface area contributed by atoms with Gasteiger partial charge in [0.1, 0.15) is 0 Å². The molecule has 0 fully saturated rings. The number of carbonyl (C=O) groups excluding carboxylic acids is 3. The van der Waals surface area contributed by atoms with Crippen LogP contribution in [0.25, 0.3) is 0 Å². The molecule has 0 aliphatic carbocycles. The summed E-state index contributed by atoms with van der Waals surface area (Å²) in [6.45, 7) is 10.1. The maximum atomic E-state index is 13.4. The number of nitrogens with one attached hydrogen (secondary N) is 2. The van der Waals surface area contributed by atoms with E-state index in [4.69, 9.17) is 14.3 Å². The molecule has 0 bridgehead atoms. The highest BCUT2D eigenvalue weighted by Crippen LogP contribution is 2.42. The Morgan fingerprint density at radius 1 is 0.536 bits per heavy atom. The van der Waals surface area contributed by atoms with Crippen LogP contribution in [0.1, 0.15) is 175 Å². The van der Waals surface area contributed by atoms with Crippen molar-refractivity contribution >= 4 is 43.5 Å². The fourth-order valence-electron chi connectivity index (χ4n) is 9.19. The van der Waals surface area contributed by atoms with E-state index >= 15 is 0 Å². The van der Waals surface area contributed by atoms with Crippen LogP contribution in [-0.2, 0) is 39.2 Å². The standard InChI is InChI=1S/C28H40N2O4S.C26H38N2O2S.CO2/c1-4-34-27(31)17-11-9-7-5-6-8-10-14-20-29-28-23-15-12-13-16-25(23)30(3)35(32,33)26-21-22(2)18-19-24(26)28;1-4-5-6-7-8-9-10-11-14-19-27-26-22-15-12-13-16-24(22)28(3)31(29,30)25-20-21(2)17-18-23(25)26;2-1-3/h12-13,15-16,18-19,21,28-29H,4-11,14,17,20H2,1-3H3;12-13,15-18,20,26-27H,4-11,14,19H2,1-3H3;. The molecule has 2 aliphatic heterocycles. The minimum Gasteiger partial charge on any atom is -0.466 e. The topological polar surface area (TPSA) is 159 Å². The van der Waals surface area contributed by atoms with Gasteiger partial charge in [0.25, 0.3) is 20.0 Å². The molecule has 4 aromatic rings. The molecule has 0 radical (unpaired) electrons. The molecule has 12 nitrogen and oxygen atoms in total. The third kappa shape index (κ3) is 16.4. The van der Waals surface area contributed by atoms with Crippen molar-refractivity contribution in [3.63, 3.8) is 0 Å². The number of rotatable bonds is 24. The number of nitrogens with zero attached hydrogens (tertiary/aromatic N) is 2. The van der Waals surface area contributed by atoms with Gasteiger partial charge in [-0.25, -0.2) is 16.8 Å². The number of para-hydroxylation sites is 2. The van der Waals surface area contributed by atoms with E-state index in [1.807, 2.05) is 93.6 Å². The van der Waals surface area contributed by atoms with E-state index in [-0.39, 0.29) is 24.2 Å². The number of fused-ring (bicyclic) bond motifs is 4. The number of esters is 1. The molecule has 4 aromatic carbocycles. The summed E-state index contributed by atoms with van der Waals surface area (Å²) in [7, 11) is -3.91. The predicted molar refractivity (Wildman–Crippen MR) is 277 cm³/mol. The summed E-state index contributed by atoms with van der Waals surface area (Å²) in [6.07, 6.45) is 21.4. The SMILES string of the molecule is CCCCCCCCCCCNC1c2ccccc2N(C)S(=O)(=O)c2cc(C)ccc21.CCOC(=O)CCCCCCCCCCNC1c2ccccc2N(C)S(=O)(=O)c2cc(C)ccc21.O=C=O. The van der Waals surface area contributed by atoms with E-state index in [1.165, 1.54) is 79.2 Å². The molecule has 2 atom stereocenters. The van der Waals surface area contributed by atoms with Gasteiger partial charge in [-0.3, -0.25) is 13.4 Å². The van der Waals surface area contributed by atoms with Gasteiger partial charge in [-0.15, -0.1) is 0 Å². The number of unbranched alkanes of at least 4 members (excludes halogenated alkanes) is 15. The lowest BCUT2D eigenvalue weighted by atomic mass is 9.96. The number of aryl methyl sites for hydroxylation is 2. The second-order valence-electron chi connectivity index (χ2n) is 18.2. The van der Waals surface area contributed by atoms with Gasteiger partial charge in [0.15, 0.2) is 0 Å². The fraction of sp³-hybridized carbons (Fsp3) is 0.527. The zero-order chi connectivity index (χ0) is 50.2. The van der Waals surface area contributed by atoms with Gasteiger partial charge in [0.2, 0.25) is 0 Å². The Balaban J connectivity index is 0.000000286. The van der Waals surface area contributed by atoms with Crippen molar-refractivity contribution in [3.8, 4) is 0 Å². The third-order valence-corrected chi connectivity index (χ3v) is 16.7. The first-order chi connectivity index (χ1) is 33.2. The Morgan fingerprint density at radius 2 is 0.899 bits per heavy atom. The van der Waals surface area contributed by atoms with Gasteiger partial charge in [0, 0.05) is 20.5 Å². The highest BCUT2D eigenvalue weighted by atomic mass is 32.2. The van der Waals surface area contributed by atoms with Crippen LogP contribution in [0.2, 0.25) is 0 Å². The quantitative estimate of drug-likeness (QED) is 0.0511. The van der Waals surface area contributed by atoms with Crippen molar-refractivity contribution in [1.82, 2.24) is 10.6 Å². The van der Waals surface area contributed by atoms with Crippen molar-refractivity contribution in [1.29, 1.82) is 0 Å². The lowest BCUT2D eigenvalue weighted by Gasteiger charge is -2.22. The number of sulfonamides is 2. The lowest BCUT2D eigenvalue weighted by Crippen LogP contribution is -2.26. The van der Waals surface area contributed by atoms with Crippen LogP contribution in [0.5, 0.6) is 0 Å². The highest BCUT2D eigenvalue weighted by molar-refractivity contribution is 7.93. The van der Waals surface area contributed by atoms with E-state index in [0.29, 0.717) is 22.8 Å². The molecule has 0 saturated heterocycles. The summed E-state index contributed by atoms with van der Waals surface area (Å²) in [5, 5.41) is 7.34. The second kappa shape index (κ2) is 29.4. The first-order valence-corrected chi connectivity index (χ1v) is 28.1. The van der Waals surface area contributed by atoms with E-state index in [1.54, 1.807) is 26.2 Å². The number of hydrogen-bond donors (Lipinski definition) is 2. The Morgan fingerprint density at radius 3 is 1.29 bits per heavy atom. The molecule has 2 unspecified atom stereocenters. The molecule has 0 amide bonds. The highest BCUT2D eigenvalue weighted by Gasteiger charge is 2.36. The molecule has 69 heavy (non-hydrogen) atoms. The van der Waals surface area contributed by atoms with Crippen LogP contribution in [0.3, 0.4) is 0 Å². The zero-order valence-electron chi connectivity index (χ0n) is 42.1. The predicted octanol–water partition coefficient (Wildman–Crippen LogP) is 11.6. The van der Waals surface area contributed by atoms with Crippen LogP contribution >= 0.6 is 0 Å². The Hall–Kier alpha value is -4.85. The normalized spacial score (nSPS) is 16.1. The molecule has 2 heterocycles. The number of hydrogen-bond acceptors (Lipinski definition) is 10. The van der Waals surface area contributed by atoms with Crippen molar-refractivity contribution in [3.05, 3.63) is 118 Å².